The van der Waals surface area contributed by atoms with E-state index >= 15 is 0 Å². The molecule has 1 N–H and O–H groups in total. The number of aryl methyl sites for hydroxylation is 1. The van der Waals surface area contributed by atoms with E-state index in [0.717, 1.165) is 4.47 Å². The van der Waals surface area contributed by atoms with Crippen molar-refractivity contribution in [2.24, 2.45) is 0 Å². The molecule has 0 aromatic heterocycles. The standard InChI is InChI=1S/C21H25BrN2O4S/c1-4-24(5-2)29(27,28)20-14-18(11-6-15(20)3)23-21(26)13-12-19(25)16-7-9-17(22)10-8-16/h6-11,14H,4-5,12-13H2,1-3H3,(H,23,26). The summed E-state index contributed by atoms with van der Waals surface area (Å²) in [5.41, 5.74) is 1.55. The van der Waals surface area contributed by atoms with Crippen molar-refractivity contribution in [3.8, 4) is 0 Å². The summed E-state index contributed by atoms with van der Waals surface area (Å²) < 4.78 is 27.9. The van der Waals surface area contributed by atoms with Crippen molar-refractivity contribution >= 4 is 43.3 Å². The van der Waals surface area contributed by atoms with Crippen molar-refractivity contribution < 1.29 is 18.0 Å². The molecule has 0 bridgehead atoms. The molecule has 0 atom stereocenters. The van der Waals surface area contributed by atoms with Gasteiger partial charge in [0.15, 0.2) is 5.78 Å². The molecule has 156 valence electrons. The second kappa shape index (κ2) is 10.1. The third-order valence-electron chi connectivity index (χ3n) is 4.54. The summed E-state index contributed by atoms with van der Waals surface area (Å²) in [5, 5.41) is 2.69. The molecule has 0 unspecified atom stereocenters. The molecule has 0 saturated heterocycles. The van der Waals surface area contributed by atoms with E-state index in [2.05, 4.69) is 21.2 Å². The second-order valence-corrected chi connectivity index (χ2v) is 9.37. The molecule has 0 saturated carbocycles. The number of hydrogen-bond acceptors (Lipinski definition) is 4. The summed E-state index contributed by atoms with van der Waals surface area (Å²) in [6.45, 7) is 6.02. The lowest BCUT2D eigenvalue weighted by Crippen LogP contribution is -2.31. The molecule has 2 rings (SSSR count). The summed E-state index contributed by atoms with van der Waals surface area (Å²) in [6, 6.07) is 11.7. The van der Waals surface area contributed by atoms with Crippen molar-refractivity contribution in [2.75, 3.05) is 18.4 Å². The predicted octanol–water partition coefficient (Wildman–Crippen LogP) is 4.39. The van der Waals surface area contributed by atoms with Crippen LogP contribution in [0.5, 0.6) is 0 Å². The van der Waals surface area contributed by atoms with Gasteiger partial charge in [0.05, 0.1) is 4.90 Å². The van der Waals surface area contributed by atoms with Crippen molar-refractivity contribution in [3.05, 3.63) is 58.1 Å². The molecule has 0 aliphatic heterocycles. The normalized spacial score (nSPS) is 11.5. The Bertz CT molecular complexity index is 984. The zero-order valence-electron chi connectivity index (χ0n) is 16.7. The highest BCUT2D eigenvalue weighted by atomic mass is 79.9. The summed E-state index contributed by atoms with van der Waals surface area (Å²) in [7, 11) is -3.63. The van der Waals surface area contributed by atoms with E-state index < -0.39 is 10.0 Å². The lowest BCUT2D eigenvalue weighted by atomic mass is 10.1. The van der Waals surface area contributed by atoms with Gasteiger partial charge in [-0.15, -0.1) is 0 Å². The van der Waals surface area contributed by atoms with Crippen LogP contribution in [0, 0.1) is 6.92 Å². The fourth-order valence-corrected chi connectivity index (χ4v) is 4.86. The summed E-state index contributed by atoms with van der Waals surface area (Å²) >= 11 is 3.32. The molecule has 2 aromatic rings. The van der Waals surface area contributed by atoms with E-state index in [-0.39, 0.29) is 29.4 Å². The quantitative estimate of drug-likeness (QED) is 0.539. The van der Waals surface area contributed by atoms with Gasteiger partial charge in [-0.25, -0.2) is 8.42 Å². The molecule has 0 heterocycles. The zero-order valence-corrected chi connectivity index (χ0v) is 19.1. The lowest BCUT2D eigenvalue weighted by Gasteiger charge is -2.20. The Kier molecular flexibility index (Phi) is 8.13. The highest BCUT2D eigenvalue weighted by Gasteiger charge is 2.24. The van der Waals surface area contributed by atoms with Crippen LogP contribution in [0.25, 0.3) is 0 Å². The van der Waals surface area contributed by atoms with Gasteiger partial charge >= 0.3 is 0 Å². The second-order valence-electron chi connectivity index (χ2n) is 6.55. The first-order chi connectivity index (χ1) is 13.7. The number of benzene rings is 2. The maximum atomic E-state index is 12.8. The number of anilines is 1. The molecular formula is C21H25BrN2O4S. The van der Waals surface area contributed by atoms with Gasteiger partial charge in [-0.05, 0) is 36.8 Å². The van der Waals surface area contributed by atoms with Gasteiger partial charge in [0.25, 0.3) is 0 Å². The Morgan fingerprint density at radius 3 is 2.21 bits per heavy atom. The Labute approximate surface area is 180 Å². The van der Waals surface area contributed by atoms with Gasteiger partial charge in [-0.3, -0.25) is 9.59 Å². The zero-order chi connectivity index (χ0) is 21.6. The van der Waals surface area contributed by atoms with Crippen LogP contribution in [-0.4, -0.2) is 37.5 Å². The van der Waals surface area contributed by atoms with E-state index in [1.54, 1.807) is 57.2 Å². The molecule has 8 heteroatoms. The number of sulfonamides is 1. The minimum atomic E-state index is -3.63. The molecule has 2 aromatic carbocycles. The van der Waals surface area contributed by atoms with Crippen LogP contribution >= 0.6 is 15.9 Å². The fraction of sp³-hybridized carbons (Fsp3) is 0.333. The van der Waals surface area contributed by atoms with E-state index in [1.165, 1.54) is 10.4 Å². The summed E-state index contributed by atoms with van der Waals surface area (Å²) in [5.74, 6) is -0.466. The van der Waals surface area contributed by atoms with Crippen molar-refractivity contribution in [1.82, 2.24) is 4.31 Å². The molecule has 0 spiro atoms. The molecule has 0 aliphatic carbocycles. The largest absolute Gasteiger partial charge is 0.326 e. The Morgan fingerprint density at radius 1 is 1.00 bits per heavy atom. The number of carbonyl (C=O) groups excluding carboxylic acids is 2. The first kappa shape index (κ1) is 23.3. The highest BCUT2D eigenvalue weighted by Crippen LogP contribution is 2.24. The molecule has 1 amide bonds. The van der Waals surface area contributed by atoms with Crippen LogP contribution < -0.4 is 5.32 Å². The fourth-order valence-electron chi connectivity index (χ4n) is 2.89. The van der Waals surface area contributed by atoms with E-state index in [1.807, 2.05) is 0 Å². The van der Waals surface area contributed by atoms with Gasteiger partial charge in [0.2, 0.25) is 15.9 Å². The SMILES string of the molecule is CCN(CC)S(=O)(=O)c1cc(NC(=O)CCC(=O)c2ccc(Br)cc2)ccc1C. The molecular weight excluding hydrogens is 456 g/mol. The Balaban J connectivity index is 2.07. The highest BCUT2D eigenvalue weighted by molar-refractivity contribution is 9.10. The Hall–Kier alpha value is -2.03. The monoisotopic (exact) mass is 480 g/mol. The number of amides is 1. The first-order valence-corrected chi connectivity index (χ1v) is 11.6. The van der Waals surface area contributed by atoms with E-state index in [0.29, 0.717) is 29.9 Å². The van der Waals surface area contributed by atoms with E-state index in [4.69, 9.17) is 0 Å². The number of nitrogens with one attached hydrogen (secondary N) is 1. The number of ketones is 1. The minimum absolute atomic E-state index is 0.0148. The smallest absolute Gasteiger partial charge is 0.243 e. The summed E-state index contributed by atoms with van der Waals surface area (Å²) in [4.78, 5) is 24.6. The van der Waals surface area contributed by atoms with Gasteiger partial charge < -0.3 is 5.32 Å². The Morgan fingerprint density at radius 2 is 1.62 bits per heavy atom. The average molecular weight is 481 g/mol. The number of halogens is 1. The average Bonchev–Trinajstić information content (AvgIpc) is 2.68. The van der Waals surface area contributed by atoms with Gasteiger partial charge in [-0.1, -0.05) is 48.0 Å². The number of nitrogens with zero attached hydrogens (tertiary/aromatic N) is 1. The van der Waals surface area contributed by atoms with Gasteiger partial charge in [-0.2, -0.15) is 4.31 Å². The maximum Gasteiger partial charge on any atom is 0.243 e. The lowest BCUT2D eigenvalue weighted by molar-refractivity contribution is -0.116. The molecule has 0 fully saturated rings. The van der Waals surface area contributed by atoms with Crippen LogP contribution in [0.4, 0.5) is 5.69 Å². The maximum absolute atomic E-state index is 12.8. The third-order valence-corrected chi connectivity index (χ3v) is 7.26. The number of rotatable bonds is 9. The first-order valence-electron chi connectivity index (χ1n) is 9.38. The van der Waals surface area contributed by atoms with Gasteiger partial charge in [0.1, 0.15) is 0 Å². The van der Waals surface area contributed by atoms with Crippen LogP contribution in [0.15, 0.2) is 51.8 Å². The molecule has 0 radical (unpaired) electrons. The van der Waals surface area contributed by atoms with Crippen molar-refractivity contribution in [1.29, 1.82) is 0 Å². The predicted molar refractivity (Wildman–Crippen MR) is 118 cm³/mol. The number of carbonyl (C=O) groups is 2. The number of hydrogen-bond donors (Lipinski definition) is 1. The molecule has 6 nitrogen and oxygen atoms in total. The molecule has 0 aliphatic rings. The van der Waals surface area contributed by atoms with Crippen LogP contribution in [0.2, 0.25) is 0 Å². The van der Waals surface area contributed by atoms with Gasteiger partial charge in [0, 0.05) is 41.7 Å². The van der Waals surface area contributed by atoms with Crippen LogP contribution in [0.3, 0.4) is 0 Å². The summed E-state index contributed by atoms with van der Waals surface area (Å²) in [6.07, 6.45) is 0.0881. The third kappa shape index (κ3) is 5.98. The van der Waals surface area contributed by atoms with Crippen LogP contribution in [-0.2, 0) is 14.8 Å². The van der Waals surface area contributed by atoms with E-state index in [9.17, 15) is 18.0 Å². The van der Waals surface area contributed by atoms with Crippen LogP contribution in [0.1, 0.15) is 42.6 Å². The minimum Gasteiger partial charge on any atom is -0.326 e. The number of Topliss-reactive ketones (excluding diaryl/α,β-unsaturated/α-hetero) is 1. The topological polar surface area (TPSA) is 83.6 Å². The van der Waals surface area contributed by atoms with Crippen molar-refractivity contribution in [2.45, 2.75) is 38.5 Å². The molecule has 29 heavy (non-hydrogen) atoms. The van der Waals surface area contributed by atoms with Crippen molar-refractivity contribution in [3.63, 3.8) is 0 Å².